The summed E-state index contributed by atoms with van der Waals surface area (Å²) in [4.78, 5) is 24.8. The Bertz CT molecular complexity index is 1040. The van der Waals surface area contributed by atoms with E-state index in [2.05, 4.69) is 28.5 Å². The molecule has 1 aliphatic carbocycles. The van der Waals surface area contributed by atoms with Crippen molar-refractivity contribution in [3.63, 3.8) is 0 Å². The topological polar surface area (TPSA) is 84.1 Å². The maximum atomic E-state index is 12.5. The maximum absolute atomic E-state index is 12.5. The second-order valence-corrected chi connectivity index (χ2v) is 9.22. The van der Waals surface area contributed by atoms with E-state index in [9.17, 15) is 4.79 Å². The Morgan fingerprint density at radius 1 is 1.10 bits per heavy atom. The number of anilines is 2. The van der Waals surface area contributed by atoms with Gasteiger partial charge in [-0.3, -0.25) is 4.79 Å². The summed E-state index contributed by atoms with van der Waals surface area (Å²) >= 11 is 1.62. The molecule has 3 N–H and O–H groups in total. The number of carbonyl (C=O) groups is 1. The smallest absolute Gasteiger partial charge is 0.242 e. The van der Waals surface area contributed by atoms with Crippen molar-refractivity contribution < 1.29 is 4.79 Å². The number of likely N-dealkylation sites (tertiary alicyclic amines) is 1. The first-order chi connectivity index (χ1) is 14.6. The van der Waals surface area contributed by atoms with E-state index < -0.39 is 5.54 Å². The molecule has 7 heteroatoms. The fourth-order valence-electron chi connectivity index (χ4n) is 3.97. The molecule has 0 unspecified atom stereocenters. The zero-order chi connectivity index (χ0) is 20.6. The normalized spacial score (nSPS) is 18.2. The van der Waals surface area contributed by atoms with Gasteiger partial charge in [0.1, 0.15) is 5.82 Å². The Labute approximate surface area is 180 Å². The van der Waals surface area contributed by atoms with Crippen molar-refractivity contribution in [1.29, 1.82) is 0 Å². The van der Waals surface area contributed by atoms with Gasteiger partial charge in [0, 0.05) is 30.9 Å². The highest BCUT2D eigenvalue weighted by Gasteiger charge is 2.48. The molecule has 1 amide bonds. The number of thiazole rings is 1. The lowest BCUT2D eigenvalue weighted by Crippen LogP contribution is -2.48. The highest BCUT2D eigenvalue weighted by molar-refractivity contribution is 7.18. The number of piperidine rings is 1. The molecule has 0 radical (unpaired) electrons. The van der Waals surface area contributed by atoms with Crippen molar-refractivity contribution in [3.05, 3.63) is 60.4 Å². The van der Waals surface area contributed by atoms with Gasteiger partial charge in [0.05, 0.1) is 10.4 Å². The molecule has 0 spiro atoms. The summed E-state index contributed by atoms with van der Waals surface area (Å²) in [5.41, 5.74) is 7.75. The zero-order valence-corrected chi connectivity index (χ0v) is 17.6. The lowest BCUT2D eigenvalue weighted by molar-refractivity contribution is -0.134. The van der Waals surface area contributed by atoms with E-state index in [0.29, 0.717) is 5.92 Å². The molecule has 1 saturated heterocycles. The molecule has 1 aliphatic heterocycles. The van der Waals surface area contributed by atoms with Crippen LogP contribution in [0, 0.1) is 0 Å². The van der Waals surface area contributed by atoms with E-state index in [0.717, 1.165) is 65.9 Å². The van der Waals surface area contributed by atoms with Crippen molar-refractivity contribution in [1.82, 2.24) is 14.9 Å². The molecular weight excluding hydrogens is 394 g/mol. The van der Waals surface area contributed by atoms with Crippen LogP contribution in [-0.4, -0.2) is 39.4 Å². The number of hydrogen-bond donors (Lipinski definition) is 2. The second-order valence-electron chi connectivity index (χ2n) is 8.19. The molecule has 0 bridgehead atoms. The van der Waals surface area contributed by atoms with Crippen molar-refractivity contribution in [3.8, 4) is 10.4 Å². The summed E-state index contributed by atoms with van der Waals surface area (Å²) in [5, 5.41) is 4.17. The molecule has 1 saturated carbocycles. The summed E-state index contributed by atoms with van der Waals surface area (Å²) in [7, 11) is 0. The van der Waals surface area contributed by atoms with Crippen LogP contribution < -0.4 is 11.1 Å². The van der Waals surface area contributed by atoms with Crippen LogP contribution in [0.1, 0.15) is 37.3 Å². The van der Waals surface area contributed by atoms with Crippen molar-refractivity contribution in [2.45, 2.75) is 37.1 Å². The quantitative estimate of drug-likeness (QED) is 0.649. The van der Waals surface area contributed by atoms with Gasteiger partial charge in [-0.2, -0.15) is 0 Å². The van der Waals surface area contributed by atoms with E-state index in [1.54, 1.807) is 11.3 Å². The predicted molar refractivity (Wildman–Crippen MR) is 120 cm³/mol. The van der Waals surface area contributed by atoms with Gasteiger partial charge in [-0.1, -0.05) is 47.7 Å². The average Bonchev–Trinajstić information content (AvgIpc) is 3.38. The number of nitrogens with zero attached hydrogens (tertiary/aromatic N) is 3. The fourth-order valence-corrected chi connectivity index (χ4v) is 4.80. The highest BCUT2D eigenvalue weighted by Crippen LogP contribution is 2.36. The van der Waals surface area contributed by atoms with Gasteiger partial charge in [-0.05, 0) is 43.4 Å². The van der Waals surface area contributed by atoms with Gasteiger partial charge in [0.15, 0.2) is 5.13 Å². The molecule has 1 aromatic carbocycles. The summed E-state index contributed by atoms with van der Waals surface area (Å²) in [5.74, 6) is 1.29. The van der Waals surface area contributed by atoms with E-state index >= 15 is 0 Å². The standard InChI is InChI=1S/C23H25N5OS/c24-23(11-12-23)21(29)28-13-9-16(10-14-28)18-7-4-8-20(26-18)27-22-25-15-19(30-22)17-5-2-1-3-6-17/h1-8,15-16H,9-14,24H2,(H,25,26,27). The molecule has 3 heterocycles. The summed E-state index contributed by atoms with van der Waals surface area (Å²) in [6.07, 6.45) is 5.39. The van der Waals surface area contributed by atoms with Crippen molar-refractivity contribution >= 4 is 28.2 Å². The number of amides is 1. The van der Waals surface area contributed by atoms with E-state index in [-0.39, 0.29) is 5.91 Å². The molecule has 2 fully saturated rings. The minimum absolute atomic E-state index is 0.127. The molecular formula is C23H25N5OS. The molecule has 5 rings (SSSR count). The number of aromatic nitrogens is 2. The van der Waals surface area contributed by atoms with Gasteiger partial charge in [-0.15, -0.1) is 0 Å². The van der Waals surface area contributed by atoms with Gasteiger partial charge in [0.25, 0.3) is 0 Å². The second kappa shape index (κ2) is 7.81. The monoisotopic (exact) mass is 419 g/mol. The number of rotatable bonds is 5. The van der Waals surface area contributed by atoms with Crippen LogP contribution in [0.3, 0.4) is 0 Å². The third-order valence-electron chi connectivity index (χ3n) is 5.98. The Morgan fingerprint density at radius 3 is 2.60 bits per heavy atom. The van der Waals surface area contributed by atoms with Crippen molar-refractivity contribution in [2.24, 2.45) is 5.73 Å². The molecule has 3 aromatic rings. The van der Waals surface area contributed by atoms with Crippen LogP contribution in [0.4, 0.5) is 10.9 Å². The third kappa shape index (κ3) is 3.95. The van der Waals surface area contributed by atoms with Crippen LogP contribution in [-0.2, 0) is 4.79 Å². The Morgan fingerprint density at radius 2 is 1.87 bits per heavy atom. The number of carbonyl (C=O) groups excluding carboxylic acids is 1. The minimum Gasteiger partial charge on any atom is -0.341 e. The molecule has 0 atom stereocenters. The molecule has 2 aromatic heterocycles. The minimum atomic E-state index is -0.568. The Balaban J connectivity index is 1.23. The van der Waals surface area contributed by atoms with Crippen LogP contribution >= 0.6 is 11.3 Å². The lowest BCUT2D eigenvalue weighted by Gasteiger charge is -2.33. The van der Waals surface area contributed by atoms with Crippen LogP contribution in [0.5, 0.6) is 0 Å². The molecule has 2 aliphatic rings. The number of nitrogens with two attached hydrogens (primary N) is 1. The first kappa shape index (κ1) is 19.2. The Kier molecular flexibility index (Phi) is 5.00. The third-order valence-corrected chi connectivity index (χ3v) is 6.95. The fraction of sp³-hybridized carbons (Fsp3) is 0.348. The molecule has 154 valence electrons. The largest absolute Gasteiger partial charge is 0.341 e. The first-order valence-corrected chi connectivity index (χ1v) is 11.3. The lowest BCUT2D eigenvalue weighted by atomic mass is 9.92. The van der Waals surface area contributed by atoms with Crippen molar-refractivity contribution in [2.75, 3.05) is 18.4 Å². The predicted octanol–water partition coefficient (Wildman–Crippen LogP) is 4.15. The summed E-state index contributed by atoms with van der Waals surface area (Å²) in [6.45, 7) is 1.52. The molecule has 6 nitrogen and oxygen atoms in total. The number of pyridine rings is 1. The SMILES string of the molecule is NC1(C(=O)N2CCC(c3cccc(Nc4ncc(-c5ccccc5)s4)n3)CC2)CC1. The number of benzene rings is 1. The van der Waals surface area contributed by atoms with Gasteiger partial charge in [-0.25, -0.2) is 9.97 Å². The Hall–Kier alpha value is -2.77. The highest BCUT2D eigenvalue weighted by atomic mass is 32.1. The van der Waals surface area contributed by atoms with Gasteiger partial charge < -0.3 is 16.0 Å². The van der Waals surface area contributed by atoms with E-state index in [1.807, 2.05) is 41.4 Å². The van der Waals surface area contributed by atoms with E-state index in [1.165, 1.54) is 0 Å². The summed E-state index contributed by atoms with van der Waals surface area (Å²) < 4.78 is 0. The molecule has 30 heavy (non-hydrogen) atoms. The first-order valence-electron chi connectivity index (χ1n) is 10.4. The average molecular weight is 420 g/mol. The van der Waals surface area contributed by atoms with Crippen LogP contribution in [0.2, 0.25) is 0 Å². The van der Waals surface area contributed by atoms with Gasteiger partial charge >= 0.3 is 0 Å². The number of hydrogen-bond acceptors (Lipinski definition) is 6. The van der Waals surface area contributed by atoms with Crippen LogP contribution in [0.25, 0.3) is 10.4 Å². The van der Waals surface area contributed by atoms with E-state index in [4.69, 9.17) is 10.7 Å². The zero-order valence-electron chi connectivity index (χ0n) is 16.8. The van der Waals surface area contributed by atoms with Gasteiger partial charge in [0.2, 0.25) is 5.91 Å². The number of nitrogens with one attached hydrogen (secondary N) is 1. The maximum Gasteiger partial charge on any atom is 0.242 e. The van der Waals surface area contributed by atoms with Crippen LogP contribution in [0.15, 0.2) is 54.7 Å². The summed E-state index contributed by atoms with van der Waals surface area (Å²) in [6, 6.07) is 16.3.